The Hall–Kier alpha value is -1.82. The Morgan fingerprint density at radius 1 is 1.59 bits per heavy atom. The number of aromatic amines is 1. The predicted octanol–water partition coefficient (Wildman–Crippen LogP) is 1.22. The van der Waals surface area contributed by atoms with Crippen molar-refractivity contribution in [2.24, 2.45) is 10.7 Å². The highest BCUT2D eigenvalue weighted by molar-refractivity contribution is 5.95. The van der Waals surface area contributed by atoms with E-state index in [1.807, 2.05) is 0 Å². The molecule has 0 unspecified atom stereocenters. The van der Waals surface area contributed by atoms with Gasteiger partial charge >= 0.3 is 5.97 Å². The van der Waals surface area contributed by atoms with Crippen LogP contribution >= 0.6 is 0 Å². The first-order valence-corrected chi connectivity index (χ1v) is 5.35. The highest BCUT2D eigenvalue weighted by Gasteiger charge is 2.13. The van der Waals surface area contributed by atoms with Crippen LogP contribution in [-0.4, -0.2) is 37.1 Å². The minimum Gasteiger partial charge on any atom is -0.461 e. The first-order valence-electron chi connectivity index (χ1n) is 5.35. The fourth-order valence-corrected chi connectivity index (χ4v) is 1.24. The average molecular weight is 239 g/mol. The summed E-state index contributed by atoms with van der Waals surface area (Å²) in [5, 5.41) is 0. The third-order valence-electron chi connectivity index (χ3n) is 2.03. The molecule has 0 aliphatic heterocycles. The summed E-state index contributed by atoms with van der Waals surface area (Å²) in [6.07, 6.45) is 2.14. The van der Waals surface area contributed by atoms with Crippen LogP contribution in [0, 0.1) is 0 Å². The Kier molecular flexibility index (Phi) is 5.22. The second-order valence-electron chi connectivity index (χ2n) is 3.30. The third-order valence-corrected chi connectivity index (χ3v) is 2.03. The van der Waals surface area contributed by atoms with Gasteiger partial charge in [-0.1, -0.05) is 0 Å². The summed E-state index contributed by atoms with van der Waals surface area (Å²) in [5.74, 6) is -0.0206. The van der Waals surface area contributed by atoms with E-state index in [9.17, 15) is 4.79 Å². The molecule has 17 heavy (non-hydrogen) atoms. The summed E-state index contributed by atoms with van der Waals surface area (Å²) in [5.41, 5.74) is 6.49. The maximum atomic E-state index is 11.5. The van der Waals surface area contributed by atoms with E-state index in [-0.39, 0.29) is 0 Å². The van der Waals surface area contributed by atoms with E-state index >= 15 is 0 Å². The molecular formula is C11H17N3O3. The molecule has 0 aliphatic rings. The monoisotopic (exact) mass is 239 g/mol. The summed E-state index contributed by atoms with van der Waals surface area (Å²) in [6.45, 7) is 2.56. The van der Waals surface area contributed by atoms with Crippen LogP contribution in [0.5, 0.6) is 0 Å². The maximum Gasteiger partial charge on any atom is 0.356 e. The molecule has 0 aliphatic carbocycles. The Labute approximate surface area is 99.8 Å². The molecule has 1 aromatic rings. The fourth-order valence-electron chi connectivity index (χ4n) is 1.24. The number of ether oxygens (including phenoxy) is 2. The van der Waals surface area contributed by atoms with Crippen LogP contribution in [-0.2, 0) is 9.47 Å². The number of carbonyl (C=O) groups is 1. The molecule has 0 spiro atoms. The Morgan fingerprint density at radius 3 is 3.00 bits per heavy atom. The summed E-state index contributed by atoms with van der Waals surface area (Å²) in [6, 6.07) is 1.67. The van der Waals surface area contributed by atoms with Gasteiger partial charge in [0.25, 0.3) is 0 Å². The van der Waals surface area contributed by atoms with E-state index in [1.165, 1.54) is 0 Å². The topological polar surface area (TPSA) is 89.7 Å². The summed E-state index contributed by atoms with van der Waals surface area (Å²) in [7, 11) is 1.59. The highest BCUT2D eigenvalue weighted by atomic mass is 16.5. The molecule has 6 nitrogen and oxygen atoms in total. The van der Waals surface area contributed by atoms with Crippen molar-refractivity contribution in [1.82, 2.24) is 4.98 Å². The molecule has 0 aromatic carbocycles. The van der Waals surface area contributed by atoms with Crippen molar-refractivity contribution >= 4 is 17.5 Å². The molecule has 6 heteroatoms. The number of esters is 1. The minimum atomic E-state index is -0.434. The van der Waals surface area contributed by atoms with Gasteiger partial charge in [-0.15, -0.1) is 0 Å². The van der Waals surface area contributed by atoms with Crippen molar-refractivity contribution in [3.63, 3.8) is 0 Å². The Balaban J connectivity index is 2.78. The SMILES string of the molecule is CCOC(=O)c1[nH]ccc1N=C(N)CCOC. The van der Waals surface area contributed by atoms with Crippen molar-refractivity contribution in [2.45, 2.75) is 13.3 Å². The van der Waals surface area contributed by atoms with Crippen LogP contribution in [0.2, 0.25) is 0 Å². The molecule has 94 valence electrons. The van der Waals surface area contributed by atoms with Crippen molar-refractivity contribution in [1.29, 1.82) is 0 Å². The molecule has 0 amide bonds. The zero-order chi connectivity index (χ0) is 12.7. The Morgan fingerprint density at radius 2 is 2.35 bits per heavy atom. The van der Waals surface area contributed by atoms with Crippen molar-refractivity contribution in [3.8, 4) is 0 Å². The first-order chi connectivity index (χ1) is 8.19. The molecule has 0 radical (unpaired) electrons. The molecule has 0 bridgehead atoms. The smallest absolute Gasteiger partial charge is 0.356 e. The largest absolute Gasteiger partial charge is 0.461 e. The highest BCUT2D eigenvalue weighted by Crippen LogP contribution is 2.18. The molecular weight excluding hydrogens is 222 g/mol. The third kappa shape index (κ3) is 3.92. The maximum absolute atomic E-state index is 11.5. The lowest BCUT2D eigenvalue weighted by atomic mass is 10.3. The van der Waals surface area contributed by atoms with Crippen LogP contribution in [0.3, 0.4) is 0 Å². The number of nitrogens with zero attached hydrogens (tertiary/aromatic N) is 1. The van der Waals surface area contributed by atoms with Gasteiger partial charge in [-0.25, -0.2) is 9.79 Å². The van der Waals surface area contributed by atoms with Crippen LogP contribution in [0.4, 0.5) is 5.69 Å². The number of nitrogens with one attached hydrogen (secondary N) is 1. The molecule has 0 atom stereocenters. The number of aliphatic imine (C=N–C) groups is 1. The lowest BCUT2D eigenvalue weighted by Crippen LogP contribution is -2.14. The van der Waals surface area contributed by atoms with Gasteiger partial charge in [0.15, 0.2) is 5.69 Å². The number of hydrogen-bond donors (Lipinski definition) is 2. The lowest BCUT2D eigenvalue weighted by Gasteiger charge is -2.02. The van der Waals surface area contributed by atoms with Crippen LogP contribution in [0.15, 0.2) is 17.3 Å². The standard InChI is InChI=1S/C11H17N3O3/c1-3-17-11(15)10-8(4-6-13-10)14-9(12)5-7-16-2/h4,6,13H,3,5,7H2,1-2H3,(H2,12,14). The van der Waals surface area contributed by atoms with E-state index in [0.717, 1.165) is 0 Å². The van der Waals surface area contributed by atoms with Crippen LogP contribution < -0.4 is 5.73 Å². The second kappa shape index (κ2) is 6.70. The van der Waals surface area contributed by atoms with Crippen molar-refractivity contribution < 1.29 is 14.3 Å². The van der Waals surface area contributed by atoms with Gasteiger partial charge in [0.1, 0.15) is 5.84 Å². The van der Waals surface area contributed by atoms with Gasteiger partial charge < -0.3 is 20.2 Å². The molecule has 0 fully saturated rings. The number of amidine groups is 1. The zero-order valence-corrected chi connectivity index (χ0v) is 10.0. The van der Waals surface area contributed by atoms with E-state index in [1.54, 1.807) is 26.3 Å². The normalized spacial score (nSPS) is 11.5. The average Bonchev–Trinajstić information content (AvgIpc) is 2.75. The minimum absolute atomic E-state index is 0.312. The lowest BCUT2D eigenvalue weighted by molar-refractivity contribution is 0.0521. The van der Waals surface area contributed by atoms with Gasteiger partial charge in [0, 0.05) is 19.7 Å². The second-order valence-corrected chi connectivity index (χ2v) is 3.30. The molecule has 0 saturated carbocycles. The summed E-state index contributed by atoms with van der Waals surface area (Å²) >= 11 is 0. The van der Waals surface area contributed by atoms with Crippen LogP contribution in [0.1, 0.15) is 23.8 Å². The number of methoxy groups -OCH3 is 1. The quantitative estimate of drug-likeness (QED) is 0.443. The number of H-pyrrole nitrogens is 1. The van der Waals surface area contributed by atoms with Gasteiger partial charge in [0.2, 0.25) is 0 Å². The molecule has 3 N–H and O–H groups in total. The number of nitrogens with two attached hydrogens (primary N) is 1. The molecule has 0 saturated heterocycles. The first kappa shape index (κ1) is 13.2. The fraction of sp³-hybridized carbons (Fsp3) is 0.455. The van der Waals surface area contributed by atoms with Gasteiger partial charge in [-0.3, -0.25) is 0 Å². The number of aromatic nitrogens is 1. The van der Waals surface area contributed by atoms with E-state index in [0.29, 0.717) is 36.9 Å². The molecule has 1 aromatic heterocycles. The molecule has 1 heterocycles. The Bertz CT molecular complexity index is 398. The zero-order valence-electron chi connectivity index (χ0n) is 10.0. The van der Waals surface area contributed by atoms with Gasteiger partial charge in [-0.05, 0) is 13.0 Å². The number of rotatable bonds is 6. The van der Waals surface area contributed by atoms with Gasteiger partial charge in [0.05, 0.1) is 18.9 Å². The van der Waals surface area contributed by atoms with Crippen molar-refractivity contribution in [2.75, 3.05) is 20.3 Å². The van der Waals surface area contributed by atoms with Gasteiger partial charge in [-0.2, -0.15) is 0 Å². The van der Waals surface area contributed by atoms with Crippen LogP contribution in [0.25, 0.3) is 0 Å². The van der Waals surface area contributed by atoms with E-state index < -0.39 is 5.97 Å². The number of carbonyl (C=O) groups excluding carboxylic acids is 1. The van der Waals surface area contributed by atoms with E-state index in [2.05, 4.69) is 9.98 Å². The van der Waals surface area contributed by atoms with E-state index in [4.69, 9.17) is 15.2 Å². The molecule has 1 rings (SSSR count). The number of hydrogen-bond acceptors (Lipinski definition) is 4. The summed E-state index contributed by atoms with van der Waals surface area (Å²) in [4.78, 5) is 18.5. The predicted molar refractivity (Wildman–Crippen MR) is 64.5 cm³/mol. The van der Waals surface area contributed by atoms with Crippen molar-refractivity contribution in [3.05, 3.63) is 18.0 Å². The summed E-state index contributed by atoms with van der Waals surface area (Å²) < 4.78 is 9.77.